The fraction of sp³-hybridized carbons (Fsp3) is 0.650. The van der Waals surface area contributed by atoms with Gasteiger partial charge in [-0.15, -0.1) is 0 Å². The molecule has 0 aromatic heterocycles. The molecule has 138 valence electrons. The van der Waals surface area contributed by atoms with Crippen LogP contribution in [0, 0.1) is 18.3 Å². The van der Waals surface area contributed by atoms with Crippen LogP contribution in [0.25, 0.3) is 0 Å². The minimum atomic E-state index is 0.149. The van der Waals surface area contributed by atoms with Crippen molar-refractivity contribution in [3.63, 3.8) is 0 Å². The minimum absolute atomic E-state index is 0.149. The largest absolute Gasteiger partial charge is 0.492 e. The van der Waals surface area contributed by atoms with Crippen LogP contribution in [0.2, 0.25) is 0 Å². The Morgan fingerprint density at radius 1 is 1.36 bits per heavy atom. The molecule has 3 atom stereocenters. The second-order valence-electron chi connectivity index (χ2n) is 7.82. The highest BCUT2D eigenvalue weighted by atomic mass is 16.5. The first-order valence-corrected chi connectivity index (χ1v) is 9.19. The van der Waals surface area contributed by atoms with E-state index in [1.807, 2.05) is 19.2 Å². The molecule has 0 spiro atoms. The number of nitrogens with zero attached hydrogens (tertiary/aromatic N) is 2. The Labute approximate surface area is 151 Å². The van der Waals surface area contributed by atoms with Crippen LogP contribution in [0.15, 0.2) is 29.3 Å². The van der Waals surface area contributed by atoms with Gasteiger partial charge in [0.25, 0.3) is 0 Å². The van der Waals surface area contributed by atoms with Crippen LogP contribution in [0.3, 0.4) is 0 Å². The number of benzene rings is 1. The summed E-state index contributed by atoms with van der Waals surface area (Å²) in [5.41, 5.74) is 1.39. The van der Waals surface area contributed by atoms with Crippen molar-refractivity contribution in [1.29, 1.82) is 0 Å². The molecule has 3 unspecified atom stereocenters. The number of aliphatic imine (C=N–C) groups is 1. The van der Waals surface area contributed by atoms with E-state index in [0.717, 1.165) is 31.3 Å². The molecular formula is C20H31N3O2. The highest BCUT2D eigenvalue weighted by Crippen LogP contribution is 2.52. The number of hydrogen-bond acceptors (Lipinski definition) is 3. The Morgan fingerprint density at radius 2 is 2.08 bits per heavy atom. The van der Waals surface area contributed by atoms with Crippen LogP contribution in [0.4, 0.5) is 0 Å². The third kappa shape index (κ3) is 3.61. The molecule has 3 rings (SSSR count). The standard InChI is InChI=1S/C20H31N3O2/c1-14-6-8-15(9-7-14)24-13-11-23(5)19(21-4)22-17-16-10-12-25-18(16)20(17,2)3/h6-9,16-18H,10-13H2,1-5H3,(H,21,22). The molecule has 5 heteroatoms. The van der Waals surface area contributed by atoms with E-state index >= 15 is 0 Å². The van der Waals surface area contributed by atoms with Gasteiger partial charge in [0, 0.05) is 38.1 Å². The maximum Gasteiger partial charge on any atom is 0.193 e. The van der Waals surface area contributed by atoms with E-state index < -0.39 is 0 Å². The van der Waals surface area contributed by atoms with Crippen LogP contribution < -0.4 is 10.1 Å². The average Bonchev–Trinajstić information content (AvgIpc) is 3.04. The van der Waals surface area contributed by atoms with Gasteiger partial charge in [-0.2, -0.15) is 0 Å². The zero-order chi connectivity index (χ0) is 18.0. The Morgan fingerprint density at radius 3 is 2.76 bits per heavy atom. The number of fused-ring (bicyclic) bond motifs is 1. The van der Waals surface area contributed by atoms with E-state index in [9.17, 15) is 0 Å². The summed E-state index contributed by atoms with van der Waals surface area (Å²) in [6.45, 7) is 8.94. The smallest absolute Gasteiger partial charge is 0.193 e. The van der Waals surface area contributed by atoms with Crippen molar-refractivity contribution in [2.45, 2.75) is 39.3 Å². The normalized spacial score (nSPS) is 27.4. The van der Waals surface area contributed by atoms with Crippen LogP contribution in [0.5, 0.6) is 5.75 Å². The van der Waals surface area contributed by atoms with E-state index in [4.69, 9.17) is 9.47 Å². The van der Waals surface area contributed by atoms with E-state index in [2.05, 4.69) is 55.2 Å². The summed E-state index contributed by atoms with van der Waals surface area (Å²) >= 11 is 0. The van der Waals surface area contributed by atoms with Gasteiger partial charge in [-0.05, 0) is 25.5 Å². The molecular weight excluding hydrogens is 314 g/mol. The van der Waals surface area contributed by atoms with Crippen molar-refractivity contribution < 1.29 is 9.47 Å². The fourth-order valence-electron chi connectivity index (χ4n) is 4.14. The highest BCUT2D eigenvalue weighted by molar-refractivity contribution is 5.80. The molecule has 2 fully saturated rings. The van der Waals surface area contributed by atoms with Gasteiger partial charge in [0.15, 0.2) is 5.96 Å². The molecule has 1 aromatic rings. The van der Waals surface area contributed by atoms with E-state index in [1.54, 1.807) is 0 Å². The second kappa shape index (κ2) is 7.24. The van der Waals surface area contributed by atoms with Gasteiger partial charge in [-0.3, -0.25) is 4.99 Å². The summed E-state index contributed by atoms with van der Waals surface area (Å²) in [5.74, 6) is 2.44. The van der Waals surface area contributed by atoms with Gasteiger partial charge in [0.1, 0.15) is 12.4 Å². The summed E-state index contributed by atoms with van der Waals surface area (Å²) in [6, 6.07) is 8.58. The summed E-state index contributed by atoms with van der Waals surface area (Å²) in [7, 11) is 3.90. The van der Waals surface area contributed by atoms with Gasteiger partial charge < -0.3 is 19.7 Å². The van der Waals surface area contributed by atoms with Crippen molar-refractivity contribution in [1.82, 2.24) is 10.2 Å². The number of rotatable bonds is 5. The first kappa shape index (κ1) is 18.1. The van der Waals surface area contributed by atoms with E-state index in [-0.39, 0.29) is 5.41 Å². The third-order valence-electron chi connectivity index (χ3n) is 5.67. The Kier molecular flexibility index (Phi) is 5.23. The molecule has 1 saturated heterocycles. The number of ether oxygens (including phenoxy) is 2. The number of aryl methyl sites for hydroxylation is 1. The molecule has 1 aromatic carbocycles. The summed E-state index contributed by atoms with van der Waals surface area (Å²) in [6.07, 6.45) is 1.53. The van der Waals surface area contributed by atoms with Crippen LogP contribution in [0.1, 0.15) is 25.8 Å². The van der Waals surface area contributed by atoms with Crippen molar-refractivity contribution in [2.75, 3.05) is 33.9 Å². The average molecular weight is 345 g/mol. The van der Waals surface area contributed by atoms with Gasteiger partial charge in [-0.25, -0.2) is 0 Å². The molecule has 25 heavy (non-hydrogen) atoms. The van der Waals surface area contributed by atoms with E-state index in [1.165, 1.54) is 5.56 Å². The van der Waals surface area contributed by atoms with Crippen LogP contribution in [-0.2, 0) is 4.74 Å². The maximum atomic E-state index is 5.88. The lowest BCUT2D eigenvalue weighted by Gasteiger charge is -2.55. The number of likely N-dealkylation sites (N-methyl/N-ethyl adjacent to an activating group) is 1. The first-order chi connectivity index (χ1) is 11.9. The SMILES string of the molecule is CN=C(NC1C2CCOC2C1(C)C)N(C)CCOc1ccc(C)cc1. The summed E-state index contributed by atoms with van der Waals surface area (Å²) in [5, 5.41) is 3.66. The van der Waals surface area contributed by atoms with Crippen molar-refractivity contribution in [3.8, 4) is 5.75 Å². The lowest BCUT2D eigenvalue weighted by molar-refractivity contribution is -0.107. The quantitative estimate of drug-likeness (QED) is 0.658. The predicted octanol–water partition coefficient (Wildman–Crippen LogP) is 2.69. The maximum absolute atomic E-state index is 5.88. The lowest BCUT2D eigenvalue weighted by atomic mass is 9.57. The molecule has 0 amide bonds. The van der Waals surface area contributed by atoms with Crippen molar-refractivity contribution >= 4 is 5.96 Å². The topological polar surface area (TPSA) is 46.1 Å². The molecule has 0 bridgehead atoms. The number of hydrogen-bond donors (Lipinski definition) is 1. The molecule has 1 aliphatic carbocycles. The molecule has 1 heterocycles. The summed E-state index contributed by atoms with van der Waals surface area (Å²) < 4.78 is 11.7. The predicted molar refractivity (Wildman–Crippen MR) is 101 cm³/mol. The molecule has 5 nitrogen and oxygen atoms in total. The van der Waals surface area contributed by atoms with Gasteiger partial charge >= 0.3 is 0 Å². The number of nitrogens with one attached hydrogen (secondary N) is 1. The Bertz CT molecular complexity index is 612. The Balaban J connectivity index is 1.50. The van der Waals surface area contributed by atoms with Gasteiger partial charge in [0.05, 0.1) is 12.6 Å². The molecule has 1 N–H and O–H groups in total. The van der Waals surface area contributed by atoms with Gasteiger partial charge in [0.2, 0.25) is 0 Å². The Hall–Kier alpha value is -1.75. The monoisotopic (exact) mass is 345 g/mol. The fourth-order valence-corrected chi connectivity index (χ4v) is 4.14. The molecule has 2 aliphatic rings. The highest BCUT2D eigenvalue weighted by Gasteiger charge is 2.59. The van der Waals surface area contributed by atoms with Crippen LogP contribution in [-0.4, -0.2) is 56.9 Å². The van der Waals surface area contributed by atoms with Gasteiger partial charge in [-0.1, -0.05) is 31.5 Å². The number of guanidine groups is 1. The minimum Gasteiger partial charge on any atom is -0.492 e. The zero-order valence-electron chi connectivity index (χ0n) is 16.1. The van der Waals surface area contributed by atoms with Crippen LogP contribution >= 0.6 is 0 Å². The first-order valence-electron chi connectivity index (χ1n) is 9.19. The van der Waals surface area contributed by atoms with Crippen molar-refractivity contribution in [3.05, 3.63) is 29.8 Å². The summed E-state index contributed by atoms with van der Waals surface area (Å²) in [4.78, 5) is 6.59. The van der Waals surface area contributed by atoms with E-state index in [0.29, 0.717) is 24.7 Å². The molecule has 1 aliphatic heterocycles. The zero-order valence-corrected chi connectivity index (χ0v) is 16.1. The molecule has 1 saturated carbocycles. The molecule has 0 radical (unpaired) electrons. The van der Waals surface area contributed by atoms with Crippen molar-refractivity contribution in [2.24, 2.45) is 16.3 Å². The second-order valence-corrected chi connectivity index (χ2v) is 7.82. The third-order valence-corrected chi connectivity index (χ3v) is 5.67. The lowest BCUT2D eigenvalue weighted by Crippen LogP contribution is -2.68.